The lowest BCUT2D eigenvalue weighted by Gasteiger charge is -2.26. The predicted octanol–water partition coefficient (Wildman–Crippen LogP) is 2.58. The van der Waals surface area contributed by atoms with E-state index in [9.17, 15) is 18.0 Å². The molecule has 0 radical (unpaired) electrons. The number of esters is 1. The summed E-state index contributed by atoms with van der Waals surface area (Å²) in [4.78, 5) is 26.4. The molecule has 2 rings (SSSR count). The summed E-state index contributed by atoms with van der Waals surface area (Å²) in [5.41, 5.74) is 0.885. The second kappa shape index (κ2) is 9.48. The predicted molar refractivity (Wildman–Crippen MR) is 107 cm³/mol. The number of nitrogens with one attached hydrogen (secondary N) is 1. The molecule has 150 valence electrons. The van der Waals surface area contributed by atoms with Gasteiger partial charge in [0.25, 0.3) is 5.91 Å². The summed E-state index contributed by atoms with van der Waals surface area (Å²) in [5.74, 6) is -1.04. The van der Waals surface area contributed by atoms with E-state index in [2.05, 4.69) is 4.72 Å². The Bertz CT molecular complexity index is 909. The number of carbonyl (C=O) groups is 2. The average Bonchev–Trinajstić information content (AvgIpc) is 2.67. The minimum absolute atomic E-state index is 0.0528. The van der Waals surface area contributed by atoms with Crippen LogP contribution < -0.4 is 9.62 Å². The van der Waals surface area contributed by atoms with Gasteiger partial charge in [0, 0.05) is 18.3 Å². The Balaban J connectivity index is 2.04. The van der Waals surface area contributed by atoms with Crippen LogP contribution in [-0.2, 0) is 19.6 Å². The Hall–Kier alpha value is -2.71. The van der Waals surface area contributed by atoms with Crippen LogP contribution in [0, 0.1) is 0 Å². The third-order valence-corrected chi connectivity index (χ3v) is 5.44. The Kier molecular flexibility index (Phi) is 7.31. The summed E-state index contributed by atoms with van der Waals surface area (Å²) in [6, 6.07) is 14.4. The Morgan fingerprint density at radius 2 is 1.64 bits per heavy atom. The van der Waals surface area contributed by atoms with Crippen LogP contribution in [0.4, 0.5) is 5.69 Å². The molecule has 7 nitrogen and oxygen atoms in total. The second-order valence-corrected chi connectivity index (χ2v) is 8.06. The fraction of sp³-hybridized carbons (Fsp3) is 0.300. The van der Waals surface area contributed by atoms with Gasteiger partial charge in [-0.05, 0) is 50.2 Å². The first kappa shape index (κ1) is 21.6. The maximum absolute atomic E-state index is 12.5. The second-order valence-electron chi connectivity index (χ2n) is 6.29. The molecule has 0 spiro atoms. The van der Waals surface area contributed by atoms with Gasteiger partial charge in [0.15, 0.2) is 6.61 Å². The SMILES string of the molecule is CCNS(=O)(=O)c1ccc(C(=O)OCC(=O)N(c2ccccc2)C(C)C)cc1. The zero-order valence-corrected chi connectivity index (χ0v) is 16.9. The van der Waals surface area contributed by atoms with Gasteiger partial charge in [0.2, 0.25) is 10.0 Å². The van der Waals surface area contributed by atoms with Gasteiger partial charge >= 0.3 is 5.97 Å². The van der Waals surface area contributed by atoms with Gasteiger partial charge in [0.05, 0.1) is 10.5 Å². The number of anilines is 1. The maximum atomic E-state index is 12.5. The summed E-state index contributed by atoms with van der Waals surface area (Å²) in [6.07, 6.45) is 0. The maximum Gasteiger partial charge on any atom is 0.338 e. The van der Waals surface area contributed by atoms with Crippen molar-refractivity contribution in [3.05, 3.63) is 60.2 Å². The zero-order valence-electron chi connectivity index (χ0n) is 16.1. The van der Waals surface area contributed by atoms with E-state index in [0.29, 0.717) is 0 Å². The van der Waals surface area contributed by atoms with E-state index in [1.54, 1.807) is 11.8 Å². The van der Waals surface area contributed by atoms with E-state index in [1.807, 2.05) is 44.2 Å². The Morgan fingerprint density at radius 1 is 1.04 bits per heavy atom. The lowest BCUT2D eigenvalue weighted by atomic mass is 10.2. The molecule has 1 amide bonds. The molecule has 0 aromatic heterocycles. The number of amides is 1. The molecule has 0 bridgehead atoms. The van der Waals surface area contributed by atoms with Gasteiger partial charge < -0.3 is 9.64 Å². The van der Waals surface area contributed by atoms with Crippen LogP contribution in [0.2, 0.25) is 0 Å². The molecule has 0 atom stereocenters. The molecule has 0 fully saturated rings. The highest BCUT2D eigenvalue weighted by molar-refractivity contribution is 7.89. The summed E-state index contributed by atoms with van der Waals surface area (Å²) in [5, 5.41) is 0. The average molecular weight is 404 g/mol. The molecule has 1 N–H and O–H groups in total. The van der Waals surface area contributed by atoms with Crippen molar-refractivity contribution in [2.24, 2.45) is 0 Å². The fourth-order valence-electron chi connectivity index (χ4n) is 2.64. The summed E-state index contributed by atoms with van der Waals surface area (Å²) >= 11 is 0. The topological polar surface area (TPSA) is 92.8 Å². The molecule has 28 heavy (non-hydrogen) atoms. The molecule has 8 heteroatoms. The van der Waals surface area contributed by atoms with Crippen molar-refractivity contribution in [3.8, 4) is 0 Å². The molecule has 0 aliphatic carbocycles. The van der Waals surface area contributed by atoms with Gasteiger partial charge in [-0.2, -0.15) is 0 Å². The van der Waals surface area contributed by atoms with Gasteiger partial charge in [-0.3, -0.25) is 4.79 Å². The Labute approximate surface area is 165 Å². The standard InChI is InChI=1S/C20H24N2O5S/c1-4-21-28(25,26)18-12-10-16(11-13-18)20(24)27-14-19(23)22(15(2)3)17-8-6-5-7-9-17/h5-13,15,21H,4,14H2,1-3H3. The number of ether oxygens (including phenoxy) is 1. The van der Waals surface area contributed by atoms with Crippen LogP contribution in [0.3, 0.4) is 0 Å². The lowest BCUT2D eigenvalue weighted by molar-refractivity contribution is -0.122. The highest BCUT2D eigenvalue weighted by atomic mass is 32.2. The highest BCUT2D eigenvalue weighted by Gasteiger charge is 2.21. The number of sulfonamides is 1. The third kappa shape index (κ3) is 5.40. The summed E-state index contributed by atoms with van der Waals surface area (Å²) in [6.45, 7) is 5.27. The first-order valence-corrected chi connectivity index (χ1v) is 10.4. The van der Waals surface area contributed by atoms with Gasteiger partial charge in [-0.15, -0.1) is 0 Å². The molecule has 0 saturated carbocycles. The first-order chi connectivity index (χ1) is 13.3. The number of benzene rings is 2. The molecule has 2 aromatic rings. The zero-order chi connectivity index (χ0) is 20.7. The minimum atomic E-state index is -3.59. The molecule has 0 aliphatic heterocycles. The van der Waals surface area contributed by atoms with Gasteiger partial charge in [0.1, 0.15) is 0 Å². The molecular weight excluding hydrogens is 380 g/mol. The Morgan fingerprint density at radius 3 is 2.18 bits per heavy atom. The van der Waals surface area contributed by atoms with Crippen molar-refractivity contribution in [3.63, 3.8) is 0 Å². The number of carbonyl (C=O) groups excluding carboxylic acids is 2. The number of hydrogen-bond donors (Lipinski definition) is 1. The normalized spacial score (nSPS) is 11.3. The van der Waals surface area contributed by atoms with E-state index >= 15 is 0 Å². The summed E-state index contributed by atoms with van der Waals surface area (Å²) in [7, 11) is -3.59. The smallest absolute Gasteiger partial charge is 0.338 e. The van der Waals surface area contributed by atoms with E-state index in [0.717, 1.165) is 5.69 Å². The first-order valence-electron chi connectivity index (χ1n) is 8.90. The van der Waals surface area contributed by atoms with Crippen molar-refractivity contribution >= 4 is 27.6 Å². The number of rotatable bonds is 8. The molecule has 2 aromatic carbocycles. The third-order valence-electron chi connectivity index (χ3n) is 3.88. The van der Waals surface area contributed by atoms with Crippen LogP contribution in [0.5, 0.6) is 0 Å². The molecule has 0 heterocycles. The largest absolute Gasteiger partial charge is 0.452 e. The molecular formula is C20H24N2O5S. The van der Waals surface area contributed by atoms with Crippen LogP contribution >= 0.6 is 0 Å². The number of nitrogens with zero attached hydrogens (tertiary/aromatic N) is 1. The van der Waals surface area contributed by atoms with Crippen LogP contribution in [0.25, 0.3) is 0 Å². The highest BCUT2D eigenvalue weighted by Crippen LogP contribution is 2.17. The van der Waals surface area contributed by atoms with Crippen molar-refractivity contribution < 1.29 is 22.7 Å². The fourth-order valence-corrected chi connectivity index (χ4v) is 3.68. The number of hydrogen-bond acceptors (Lipinski definition) is 5. The van der Waals surface area contributed by atoms with E-state index in [4.69, 9.17) is 4.74 Å². The van der Waals surface area contributed by atoms with Gasteiger partial charge in [-0.1, -0.05) is 25.1 Å². The van der Waals surface area contributed by atoms with Crippen molar-refractivity contribution in [1.29, 1.82) is 0 Å². The number of para-hydroxylation sites is 1. The monoisotopic (exact) mass is 404 g/mol. The van der Waals surface area contributed by atoms with E-state index < -0.39 is 22.6 Å². The molecule has 0 saturated heterocycles. The molecule has 0 unspecified atom stereocenters. The van der Waals surface area contributed by atoms with Crippen molar-refractivity contribution in [1.82, 2.24) is 4.72 Å². The molecule has 0 aliphatic rings. The van der Waals surface area contributed by atoms with E-state index in [1.165, 1.54) is 24.3 Å². The van der Waals surface area contributed by atoms with Gasteiger partial charge in [-0.25, -0.2) is 17.9 Å². The van der Waals surface area contributed by atoms with E-state index in [-0.39, 0.29) is 29.0 Å². The summed E-state index contributed by atoms with van der Waals surface area (Å²) < 4.78 is 31.3. The lowest BCUT2D eigenvalue weighted by Crippen LogP contribution is -2.39. The van der Waals surface area contributed by atoms with Crippen molar-refractivity contribution in [2.45, 2.75) is 31.7 Å². The van der Waals surface area contributed by atoms with Crippen LogP contribution in [-0.4, -0.2) is 39.5 Å². The quantitative estimate of drug-likeness (QED) is 0.683. The minimum Gasteiger partial charge on any atom is -0.452 e. The van der Waals surface area contributed by atoms with Crippen LogP contribution in [0.15, 0.2) is 59.5 Å². The van der Waals surface area contributed by atoms with Crippen LogP contribution in [0.1, 0.15) is 31.1 Å². The van der Waals surface area contributed by atoms with Crippen molar-refractivity contribution in [2.75, 3.05) is 18.1 Å².